The number of benzene rings is 1. The predicted molar refractivity (Wildman–Crippen MR) is 72.1 cm³/mol. The predicted octanol–water partition coefficient (Wildman–Crippen LogP) is 2.05. The van der Waals surface area contributed by atoms with Gasteiger partial charge in [-0.25, -0.2) is 0 Å². The molecule has 1 aromatic carbocycles. The van der Waals surface area contributed by atoms with E-state index in [1.807, 2.05) is 7.05 Å². The molecular weight excluding hydrogens is 212 g/mol. The van der Waals surface area contributed by atoms with E-state index < -0.39 is 0 Å². The van der Waals surface area contributed by atoms with E-state index in [4.69, 9.17) is 4.74 Å². The third kappa shape index (κ3) is 4.46. The van der Waals surface area contributed by atoms with Gasteiger partial charge in [-0.15, -0.1) is 0 Å². The summed E-state index contributed by atoms with van der Waals surface area (Å²) in [5.74, 6) is 0. The van der Waals surface area contributed by atoms with Crippen molar-refractivity contribution in [2.45, 2.75) is 19.5 Å². The molecule has 1 rings (SSSR count). The largest absolute Gasteiger partial charge is 0.383 e. The molecule has 0 spiro atoms. The highest BCUT2D eigenvalue weighted by Gasteiger charge is 2.11. The standard InChI is InChI=1S/C14H24N2O/c1-12(16(3)8-9-17-4)14-7-5-6-13(10-14)11-15-2/h5-7,10,12,15H,8-9,11H2,1-4H3. The SMILES string of the molecule is CNCc1cccc(C(C)N(C)CCOC)c1. The van der Waals surface area contributed by atoms with E-state index >= 15 is 0 Å². The third-order valence-corrected chi connectivity index (χ3v) is 3.12. The van der Waals surface area contributed by atoms with Gasteiger partial charge in [0.2, 0.25) is 0 Å². The lowest BCUT2D eigenvalue weighted by Gasteiger charge is -2.25. The van der Waals surface area contributed by atoms with Crippen molar-refractivity contribution in [2.24, 2.45) is 0 Å². The van der Waals surface area contributed by atoms with Crippen LogP contribution in [0.1, 0.15) is 24.1 Å². The molecule has 0 aromatic heterocycles. The molecule has 3 nitrogen and oxygen atoms in total. The fraction of sp³-hybridized carbons (Fsp3) is 0.571. The molecule has 0 aliphatic rings. The topological polar surface area (TPSA) is 24.5 Å². The molecule has 0 radical (unpaired) electrons. The number of nitrogens with zero attached hydrogens (tertiary/aromatic N) is 1. The van der Waals surface area contributed by atoms with Crippen LogP contribution in [0.3, 0.4) is 0 Å². The summed E-state index contributed by atoms with van der Waals surface area (Å²) >= 11 is 0. The second kappa shape index (κ2) is 7.43. The van der Waals surface area contributed by atoms with Crippen LogP contribution in [-0.4, -0.2) is 39.3 Å². The molecule has 0 saturated heterocycles. The van der Waals surface area contributed by atoms with Crippen LogP contribution in [0.5, 0.6) is 0 Å². The molecule has 1 N–H and O–H groups in total. The van der Waals surface area contributed by atoms with Gasteiger partial charge in [0.1, 0.15) is 0 Å². The van der Waals surface area contributed by atoms with Gasteiger partial charge in [0.05, 0.1) is 6.61 Å². The number of hydrogen-bond acceptors (Lipinski definition) is 3. The molecule has 3 heteroatoms. The molecule has 0 bridgehead atoms. The minimum Gasteiger partial charge on any atom is -0.383 e. The number of ether oxygens (including phenoxy) is 1. The first-order chi connectivity index (χ1) is 8.19. The van der Waals surface area contributed by atoms with Crippen molar-refractivity contribution in [1.82, 2.24) is 10.2 Å². The molecule has 1 aromatic rings. The first-order valence-corrected chi connectivity index (χ1v) is 6.11. The second-order valence-electron chi connectivity index (χ2n) is 4.42. The van der Waals surface area contributed by atoms with Gasteiger partial charge in [0.25, 0.3) is 0 Å². The van der Waals surface area contributed by atoms with Gasteiger partial charge in [-0.05, 0) is 32.1 Å². The van der Waals surface area contributed by atoms with E-state index in [1.165, 1.54) is 11.1 Å². The molecule has 0 saturated carbocycles. The maximum atomic E-state index is 5.11. The van der Waals surface area contributed by atoms with Crippen molar-refractivity contribution in [3.63, 3.8) is 0 Å². The molecule has 96 valence electrons. The Balaban J connectivity index is 2.66. The lowest BCUT2D eigenvalue weighted by atomic mass is 10.0. The second-order valence-corrected chi connectivity index (χ2v) is 4.42. The summed E-state index contributed by atoms with van der Waals surface area (Å²) in [6, 6.07) is 9.16. The van der Waals surface area contributed by atoms with E-state index in [-0.39, 0.29) is 0 Å². The zero-order valence-corrected chi connectivity index (χ0v) is 11.4. The number of rotatable bonds is 7. The molecule has 0 heterocycles. The van der Waals surface area contributed by atoms with Gasteiger partial charge >= 0.3 is 0 Å². The Morgan fingerprint density at radius 3 is 2.82 bits per heavy atom. The molecule has 0 amide bonds. The van der Waals surface area contributed by atoms with E-state index in [2.05, 4.69) is 48.5 Å². The Morgan fingerprint density at radius 2 is 2.18 bits per heavy atom. The highest BCUT2D eigenvalue weighted by Crippen LogP contribution is 2.19. The fourth-order valence-corrected chi connectivity index (χ4v) is 1.85. The van der Waals surface area contributed by atoms with Crippen LogP contribution in [-0.2, 0) is 11.3 Å². The highest BCUT2D eigenvalue weighted by atomic mass is 16.5. The Morgan fingerprint density at radius 1 is 1.41 bits per heavy atom. The fourth-order valence-electron chi connectivity index (χ4n) is 1.85. The van der Waals surface area contributed by atoms with Gasteiger partial charge < -0.3 is 10.1 Å². The van der Waals surface area contributed by atoms with Crippen molar-refractivity contribution in [1.29, 1.82) is 0 Å². The van der Waals surface area contributed by atoms with Crippen LogP contribution in [0.15, 0.2) is 24.3 Å². The van der Waals surface area contributed by atoms with E-state index in [0.717, 1.165) is 19.7 Å². The van der Waals surface area contributed by atoms with Gasteiger partial charge in [-0.3, -0.25) is 4.90 Å². The van der Waals surface area contributed by atoms with Crippen LogP contribution in [0, 0.1) is 0 Å². The van der Waals surface area contributed by atoms with Gasteiger partial charge in [-0.1, -0.05) is 24.3 Å². The Labute approximate surface area is 105 Å². The molecule has 0 fully saturated rings. The van der Waals surface area contributed by atoms with Crippen LogP contribution in [0.2, 0.25) is 0 Å². The van der Waals surface area contributed by atoms with Crippen LogP contribution < -0.4 is 5.32 Å². The summed E-state index contributed by atoms with van der Waals surface area (Å²) in [4.78, 5) is 2.31. The van der Waals surface area contributed by atoms with Crippen LogP contribution in [0.4, 0.5) is 0 Å². The highest BCUT2D eigenvalue weighted by molar-refractivity contribution is 5.25. The lowest BCUT2D eigenvalue weighted by Crippen LogP contribution is -2.26. The average Bonchev–Trinajstić information content (AvgIpc) is 2.35. The van der Waals surface area contributed by atoms with Crippen molar-refractivity contribution >= 4 is 0 Å². The maximum absolute atomic E-state index is 5.11. The smallest absolute Gasteiger partial charge is 0.0589 e. The van der Waals surface area contributed by atoms with E-state index in [9.17, 15) is 0 Å². The number of methoxy groups -OCH3 is 1. The molecule has 17 heavy (non-hydrogen) atoms. The number of nitrogens with one attached hydrogen (secondary N) is 1. The molecule has 1 unspecified atom stereocenters. The van der Waals surface area contributed by atoms with Crippen LogP contribution in [0.25, 0.3) is 0 Å². The summed E-state index contributed by atoms with van der Waals surface area (Å²) in [6.07, 6.45) is 0. The molecule has 0 aliphatic heterocycles. The van der Waals surface area contributed by atoms with Gasteiger partial charge in [-0.2, -0.15) is 0 Å². The van der Waals surface area contributed by atoms with E-state index in [1.54, 1.807) is 7.11 Å². The average molecular weight is 236 g/mol. The zero-order valence-electron chi connectivity index (χ0n) is 11.4. The first-order valence-electron chi connectivity index (χ1n) is 6.11. The van der Waals surface area contributed by atoms with Crippen LogP contribution >= 0.6 is 0 Å². The molecular formula is C14H24N2O. The normalized spacial score (nSPS) is 13.0. The summed E-state index contributed by atoms with van der Waals surface area (Å²) in [7, 11) is 5.85. The van der Waals surface area contributed by atoms with Crippen molar-refractivity contribution in [3.8, 4) is 0 Å². The minimum atomic E-state index is 0.418. The summed E-state index contributed by atoms with van der Waals surface area (Å²) < 4.78 is 5.11. The van der Waals surface area contributed by atoms with Gasteiger partial charge in [0.15, 0.2) is 0 Å². The lowest BCUT2D eigenvalue weighted by molar-refractivity contribution is 0.143. The Kier molecular flexibility index (Phi) is 6.19. The van der Waals surface area contributed by atoms with Gasteiger partial charge in [0, 0.05) is 26.2 Å². The summed E-state index contributed by atoms with van der Waals surface area (Å²) in [5.41, 5.74) is 2.69. The third-order valence-electron chi connectivity index (χ3n) is 3.12. The Hall–Kier alpha value is -0.900. The maximum Gasteiger partial charge on any atom is 0.0589 e. The summed E-state index contributed by atoms with van der Waals surface area (Å²) in [6.45, 7) is 4.88. The summed E-state index contributed by atoms with van der Waals surface area (Å²) in [5, 5.41) is 3.18. The minimum absolute atomic E-state index is 0.418. The van der Waals surface area contributed by atoms with Crippen molar-refractivity contribution in [2.75, 3.05) is 34.4 Å². The monoisotopic (exact) mass is 236 g/mol. The van der Waals surface area contributed by atoms with E-state index in [0.29, 0.717) is 6.04 Å². The van der Waals surface area contributed by atoms with Crippen molar-refractivity contribution in [3.05, 3.63) is 35.4 Å². The van der Waals surface area contributed by atoms with Crippen molar-refractivity contribution < 1.29 is 4.74 Å². The molecule has 1 atom stereocenters. The number of hydrogen-bond donors (Lipinski definition) is 1. The number of likely N-dealkylation sites (N-methyl/N-ethyl adjacent to an activating group) is 1. The molecule has 0 aliphatic carbocycles. The first kappa shape index (κ1) is 14.2. The Bertz CT molecular complexity index is 328. The quantitative estimate of drug-likeness (QED) is 0.784. The zero-order chi connectivity index (χ0) is 12.7.